The Kier molecular flexibility index (Phi) is 12.2. The van der Waals surface area contributed by atoms with Gasteiger partial charge in [0.1, 0.15) is 0 Å². The first-order valence-electron chi connectivity index (χ1n) is 5.74. The summed E-state index contributed by atoms with van der Waals surface area (Å²) in [4.78, 5) is 20.1. The van der Waals surface area contributed by atoms with Crippen LogP contribution >= 0.6 is 0 Å². The molecule has 4 atom stereocenters. The number of aliphatic hydroxyl groups is 3. The standard InChI is InChI=1S/C6H14O3.C5H8O6/c1-5(8)4-9-6(2)3-7;1-11-3(5(9)10)2(6)4(7)8/h5-8H,3-4H2,1-2H3;2-3,6H,1H3,(H,7,8)(H,9,10). The molecule has 0 radical (unpaired) electrons. The van der Waals surface area contributed by atoms with E-state index < -0.39 is 30.3 Å². The van der Waals surface area contributed by atoms with Crippen LogP contribution in [0.2, 0.25) is 0 Å². The lowest BCUT2D eigenvalue weighted by molar-refractivity contribution is -0.168. The van der Waals surface area contributed by atoms with Crippen molar-refractivity contribution in [3.63, 3.8) is 0 Å². The van der Waals surface area contributed by atoms with Gasteiger partial charge >= 0.3 is 11.9 Å². The van der Waals surface area contributed by atoms with Gasteiger partial charge in [-0.1, -0.05) is 0 Å². The zero-order chi connectivity index (χ0) is 16.3. The van der Waals surface area contributed by atoms with Crippen molar-refractivity contribution in [3.8, 4) is 0 Å². The number of methoxy groups -OCH3 is 1. The fourth-order valence-electron chi connectivity index (χ4n) is 0.850. The Bertz CT molecular complexity index is 279. The monoisotopic (exact) mass is 298 g/mol. The number of hydrogen-bond donors (Lipinski definition) is 5. The zero-order valence-corrected chi connectivity index (χ0v) is 11.6. The summed E-state index contributed by atoms with van der Waals surface area (Å²) in [5.41, 5.74) is 0. The molecule has 0 heterocycles. The number of carbonyl (C=O) groups is 2. The molecular formula is C11H22O9. The molecule has 0 aromatic rings. The molecule has 120 valence electrons. The van der Waals surface area contributed by atoms with E-state index in [2.05, 4.69) is 4.74 Å². The Morgan fingerprint density at radius 2 is 1.60 bits per heavy atom. The molecule has 4 unspecified atom stereocenters. The molecule has 0 fully saturated rings. The highest BCUT2D eigenvalue weighted by Gasteiger charge is 2.31. The Hall–Kier alpha value is -1.26. The summed E-state index contributed by atoms with van der Waals surface area (Å²) >= 11 is 0. The molecule has 9 nitrogen and oxygen atoms in total. The third-order valence-electron chi connectivity index (χ3n) is 1.92. The molecule has 0 aliphatic rings. The van der Waals surface area contributed by atoms with E-state index >= 15 is 0 Å². The minimum absolute atomic E-state index is 0.00667. The topological polar surface area (TPSA) is 154 Å². The third kappa shape index (κ3) is 10.6. The van der Waals surface area contributed by atoms with Crippen LogP contribution in [-0.2, 0) is 19.1 Å². The van der Waals surface area contributed by atoms with Gasteiger partial charge in [-0.15, -0.1) is 0 Å². The van der Waals surface area contributed by atoms with Gasteiger partial charge in [-0.3, -0.25) is 0 Å². The summed E-state index contributed by atoms with van der Waals surface area (Å²) in [7, 11) is 1.00. The van der Waals surface area contributed by atoms with Crippen molar-refractivity contribution < 1.29 is 44.6 Å². The fraction of sp³-hybridized carbons (Fsp3) is 0.818. The normalized spacial score (nSPS) is 16.3. The Morgan fingerprint density at radius 3 is 1.80 bits per heavy atom. The molecular weight excluding hydrogens is 276 g/mol. The van der Waals surface area contributed by atoms with Gasteiger partial charge < -0.3 is 35.0 Å². The molecule has 5 N–H and O–H groups in total. The SMILES string of the molecule is CC(O)COC(C)CO.COC(C(=O)O)C(O)C(=O)O. The lowest BCUT2D eigenvalue weighted by atomic mass is 10.2. The van der Waals surface area contributed by atoms with Crippen LogP contribution in [0.4, 0.5) is 0 Å². The van der Waals surface area contributed by atoms with Crippen molar-refractivity contribution in [2.75, 3.05) is 20.3 Å². The average molecular weight is 298 g/mol. The first-order chi connectivity index (χ1) is 9.17. The van der Waals surface area contributed by atoms with Gasteiger partial charge in [-0.2, -0.15) is 0 Å². The van der Waals surface area contributed by atoms with E-state index in [-0.39, 0.29) is 12.7 Å². The number of carboxylic acids is 2. The highest BCUT2D eigenvalue weighted by molar-refractivity contribution is 5.83. The summed E-state index contributed by atoms with van der Waals surface area (Å²) in [6.45, 7) is 3.70. The van der Waals surface area contributed by atoms with Crippen LogP contribution in [0, 0.1) is 0 Å². The fourth-order valence-corrected chi connectivity index (χ4v) is 0.850. The van der Waals surface area contributed by atoms with Crippen LogP contribution in [-0.4, -0.2) is 82.2 Å². The smallest absolute Gasteiger partial charge is 0.336 e. The molecule has 20 heavy (non-hydrogen) atoms. The third-order valence-corrected chi connectivity index (χ3v) is 1.92. The molecule has 9 heteroatoms. The van der Waals surface area contributed by atoms with Crippen molar-refractivity contribution in [2.24, 2.45) is 0 Å². The van der Waals surface area contributed by atoms with Gasteiger partial charge in [-0.25, -0.2) is 9.59 Å². The summed E-state index contributed by atoms with van der Waals surface area (Å²) in [5.74, 6) is -3.14. The van der Waals surface area contributed by atoms with Crippen molar-refractivity contribution in [2.45, 2.75) is 38.3 Å². The highest BCUT2D eigenvalue weighted by Crippen LogP contribution is 1.98. The van der Waals surface area contributed by atoms with Crippen molar-refractivity contribution in [3.05, 3.63) is 0 Å². The molecule has 0 aromatic carbocycles. The number of aliphatic hydroxyl groups excluding tert-OH is 3. The van der Waals surface area contributed by atoms with Crippen molar-refractivity contribution in [1.82, 2.24) is 0 Å². The van der Waals surface area contributed by atoms with E-state index in [1.807, 2.05) is 0 Å². The summed E-state index contributed by atoms with van der Waals surface area (Å²) in [5, 5.41) is 42.2. The van der Waals surface area contributed by atoms with Gasteiger partial charge in [0.05, 0.1) is 25.4 Å². The summed E-state index contributed by atoms with van der Waals surface area (Å²) in [6.07, 6.45) is -4.36. The van der Waals surface area contributed by atoms with Gasteiger partial charge in [0.25, 0.3) is 0 Å². The molecule has 0 amide bonds. The molecule has 0 rings (SSSR count). The number of hydrogen-bond acceptors (Lipinski definition) is 7. The predicted octanol–water partition coefficient (Wildman–Crippen LogP) is -1.70. The summed E-state index contributed by atoms with van der Waals surface area (Å²) in [6, 6.07) is 0. The lowest BCUT2D eigenvalue weighted by Crippen LogP contribution is -2.40. The quantitative estimate of drug-likeness (QED) is 0.352. The van der Waals surface area contributed by atoms with Gasteiger partial charge in [-0.05, 0) is 13.8 Å². The largest absolute Gasteiger partial charge is 0.479 e. The second-order valence-electron chi connectivity index (χ2n) is 3.95. The Labute approximate surface area is 116 Å². The Morgan fingerprint density at radius 1 is 1.10 bits per heavy atom. The van der Waals surface area contributed by atoms with E-state index in [1.165, 1.54) is 0 Å². The van der Waals surface area contributed by atoms with Crippen LogP contribution in [0.15, 0.2) is 0 Å². The predicted molar refractivity (Wildman–Crippen MR) is 66.3 cm³/mol. The second kappa shape index (κ2) is 11.6. The van der Waals surface area contributed by atoms with Gasteiger partial charge in [0, 0.05) is 7.11 Å². The van der Waals surface area contributed by atoms with Crippen LogP contribution in [0.1, 0.15) is 13.8 Å². The van der Waals surface area contributed by atoms with E-state index in [0.29, 0.717) is 6.61 Å². The molecule has 0 aromatic heterocycles. The number of aliphatic carboxylic acids is 2. The van der Waals surface area contributed by atoms with Crippen molar-refractivity contribution >= 4 is 11.9 Å². The maximum Gasteiger partial charge on any atom is 0.336 e. The number of rotatable bonds is 8. The first-order valence-corrected chi connectivity index (χ1v) is 5.74. The summed E-state index contributed by atoms with van der Waals surface area (Å²) < 4.78 is 9.16. The van der Waals surface area contributed by atoms with Crippen molar-refractivity contribution in [1.29, 1.82) is 0 Å². The van der Waals surface area contributed by atoms with E-state index in [9.17, 15) is 9.59 Å². The molecule has 0 spiro atoms. The maximum atomic E-state index is 10.1. The molecule has 0 aliphatic heterocycles. The maximum absolute atomic E-state index is 10.1. The molecule has 0 bridgehead atoms. The highest BCUT2D eigenvalue weighted by atomic mass is 16.5. The van der Waals surface area contributed by atoms with Gasteiger partial charge in [0.15, 0.2) is 12.2 Å². The van der Waals surface area contributed by atoms with Crippen LogP contribution in [0.3, 0.4) is 0 Å². The van der Waals surface area contributed by atoms with Crippen LogP contribution < -0.4 is 0 Å². The molecule has 0 aliphatic carbocycles. The van der Waals surface area contributed by atoms with E-state index in [4.69, 9.17) is 30.3 Å². The Balaban J connectivity index is 0. The van der Waals surface area contributed by atoms with E-state index in [1.54, 1.807) is 13.8 Å². The number of ether oxygens (including phenoxy) is 2. The van der Waals surface area contributed by atoms with Gasteiger partial charge in [0.2, 0.25) is 0 Å². The first kappa shape index (κ1) is 21.0. The number of carboxylic acid groups (broad SMARTS) is 2. The zero-order valence-electron chi connectivity index (χ0n) is 11.6. The minimum atomic E-state index is -2.03. The molecule has 0 saturated heterocycles. The lowest BCUT2D eigenvalue weighted by Gasteiger charge is -2.12. The second-order valence-corrected chi connectivity index (χ2v) is 3.95. The van der Waals surface area contributed by atoms with Crippen LogP contribution in [0.5, 0.6) is 0 Å². The average Bonchev–Trinajstić information content (AvgIpc) is 2.36. The molecule has 0 saturated carbocycles. The minimum Gasteiger partial charge on any atom is -0.479 e. The van der Waals surface area contributed by atoms with Crippen LogP contribution in [0.25, 0.3) is 0 Å². The van der Waals surface area contributed by atoms with E-state index in [0.717, 1.165) is 7.11 Å².